The number of aliphatic hydroxyl groups excluding tert-OH is 3. The number of esters is 1. The normalized spacial score (nSPS) is 15.0. The van der Waals surface area contributed by atoms with Crippen molar-refractivity contribution in [2.24, 2.45) is 5.41 Å². The van der Waals surface area contributed by atoms with Gasteiger partial charge in [-0.3, -0.25) is 14.4 Å². The van der Waals surface area contributed by atoms with Crippen LogP contribution in [0.1, 0.15) is 25.7 Å². The molecule has 1 saturated heterocycles. The Morgan fingerprint density at radius 2 is 1.43 bits per heavy atom. The second kappa shape index (κ2) is 8.56. The summed E-state index contributed by atoms with van der Waals surface area (Å²) >= 11 is 0. The lowest BCUT2D eigenvalue weighted by atomic mass is 9.93. The molecule has 0 aliphatic carbocycles. The van der Waals surface area contributed by atoms with Gasteiger partial charge in [0.25, 0.3) is 11.8 Å². The maximum atomic E-state index is 11.5. The van der Waals surface area contributed by atoms with Crippen LogP contribution in [-0.2, 0) is 28.8 Å². The van der Waals surface area contributed by atoms with E-state index in [9.17, 15) is 19.2 Å². The van der Waals surface area contributed by atoms with Gasteiger partial charge in [0.05, 0.1) is 38.1 Å². The van der Waals surface area contributed by atoms with E-state index in [0.29, 0.717) is 5.06 Å². The summed E-state index contributed by atoms with van der Waals surface area (Å²) in [6.45, 7) is -2.19. The minimum Gasteiger partial charge on any atom is -0.465 e. The van der Waals surface area contributed by atoms with Gasteiger partial charge in [-0.05, 0) is 0 Å². The molecule has 0 atom stereocenters. The van der Waals surface area contributed by atoms with Crippen LogP contribution in [0.3, 0.4) is 0 Å². The molecule has 0 radical (unpaired) electrons. The molecule has 0 unspecified atom stereocenters. The van der Waals surface area contributed by atoms with Crippen LogP contribution >= 0.6 is 0 Å². The van der Waals surface area contributed by atoms with Gasteiger partial charge < -0.3 is 24.9 Å². The fourth-order valence-electron chi connectivity index (χ4n) is 1.60. The summed E-state index contributed by atoms with van der Waals surface area (Å²) in [5.74, 6) is -3.00. The first kappa shape index (κ1) is 19.0. The Balaban J connectivity index is 2.34. The summed E-state index contributed by atoms with van der Waals surface area (Å²) in [6.07, 6.45) is -0.854. The van der Waals surface area contributed by atoms with Crippen LogP contribution in [0.25, 0.3) is 0 Å². The quantitative estimate of drug-likeness (QED) is 0.318. The van der Waals surface area contributed by atoms with Crippen LogP contribution in [0.2, 0.25) is 0 Å². The Morgan fingerprint density at radius 1 is 0.957 bits per heavy atom. The maximum absolute atomic E-state index is 11.5. The first-order valence-corrected chi connectivity index (χ1v) is 6.92. The third-order valence-corrected chi connectivity index (χ3v) is 3.28. The van der Waals surface area contributed by atoms with Gasteiger partial charge in [-0.15, -0.1) is 5.06 Å². The van der Waals surface area contributed by atoms with E-state index in [1.165, 1.54) is 0 Å². The highest BCUT2D eigenvalue weighted by Gasteiger charge is 2.33. The predicted octanol–water partition coefficient (Wildman–Crippen LogP) is -2.12. The summed E-state index contributed by atoms with van der Waals surface area (Å²) < 4.78 is 4.77. The Bertz CT molecular complexity index is 448. The van der Waals surface area contributed by atoms with E-state index >= 15 is 0 Å². The van der Waals surface area contributed by atoms with E-state index in [4.69, 9.17) is 20.1 Å². The molecule has 3 N–H and O–H groups in total. The van der Waals surface area contributed by atoms with E-state index < -0.39 is 62.0 Å². The number of nitrogens with zero attached hydrogens (tertiary/aromatic N) is 1. The van der Waals surface area contributed by atoms with Crippen molar-refractivity contribution in [3.8, 4) is 0 Å². The number of amides is 2. The monoisotopic (exact) mass is 333 g/mol. The van der Waals surface area contributed by atoms with Crippen molar-refractivity contribution in [2.45, 2.75) is 25.7 Å². The molecule has 0 aromatic carbocycles. The number of carbonyl (C=O) groups is 4. The highest BCUT2D eigenvalue weighted by atomic mass is 16.7. The molecule has 10 nitrogen and oxygen atoms in total. The molecule has 1 aliphatic heterocycles. The van der Waals surface area contributed by atoms with Crippen LogP contribution in [0, 0.1) is 5.41 Å². The molecule has 130 valence electrons. The van der Waals surface area contributed by atoms with Crippen LogP contribution < -0.4 is 0 Å². The molecule has 10 heteroatoms. The first-order valence-electron chi connectivity index (χ1n) is 6.92. The van der Waals surface area contributed by atoms with Crippen LogP contribution in [-0.4, -0.2) is 70.6 Å². The average Bonchev–Trinajstić information content (AvgIpc) is 2.86. The topological polar surface area (TPSA) is 151 Å². The van der Waals surface area contributed by atoms with Gasteiger partial charge >= 0.3 is 11.9 Å². The van der Waals surface area contributed by atoms with Gasteiger partial charge in [-0.25, -0.2) is 4.79 Å². The molecule has 0 aromatic heterocycles. The zero-order chi connectivity index (χ0) is 17.5. The number of hydrogen-bond donors (Lipinski definition) is 3. The lowest BCUT2D eigenvalue weighted by Gasteiger charge is -2.26. The second-order valence-electron chi connectivity index (χ2n) is 5.18. The molecule has 0 saturated carbocycles. The predicted molar refractivity (Wildman–Crippen MR) is 71.1 cm³/mol. The van der Waals surface area contributed by atoms with Crippen LogP contribution in [0.4, 0.5) is 0 Å². The fraction of sp³-hybridized carbons (Fsp3) is 0.692. The van der Waals surface area contributed by atoms with Crippen molar-refractivity contribution in [1.82, 2.24) is 5.06 Å². The summed E-state index contributed by atoms with van der Waals surface area (Å²) in [6, 6.07) is 0. The number of hydroxylamine groups is 2. The minimum absolute atomic E-state index is 0.0281. The Hall–Kier alpha value is -2.04. The highest BCUT2D eigenvalue weighted by molar-refractivity contribution is 6.01. The molecule has 0 aromatic rings. The van der Waals surface area contributed by atoms with Gasteiger partial charge in [0.2, 0.25) is 0 Å². The van der Waals surface area contributed by atoms with E-state index in [1.54, 1.807) is 0 Å². The molecule has 1 aliphatic rings. The largest absolute Gasteiger partial charge is 0.465 e. The highest BCUT2D eigenvalue weighted by Crippen LogP contribution is 2.16. The van der Waals surface area contributed by atoms with Crippen LogP contribution in [0.5, 0.6) is 0 Å². The van der Waals surface area contributed by atoms with Crippen molar-refractivity contribution in [3.63, 3.8) is 0 Å². The van der Waals surface area contributed by atoms with Gasteiger partial charge in [-0.2, -0.15) is 0 Å². The summed E-state index contributed by atoms with van der Waals surface area (Å²) in [5, 5.41) is 27.6. The number of hydrogen-bond acceptors (Lipinski definition) is 9. The lowest BCUT2D eigenvalue weighted by molar-refractivity contribution is -0.197. The third kappa shape index (κ3) is 5.27. The minimum atomic E-state index is -1.36. The summed E-state index contributed by atoms with van der Waals surface area (Å²) in [4.78, 5) is 50.0. The van der Waals surface area contributed by atoms with E-state index in [1.807, 2.05) is 0 Å². The number of ether oxygens (including phenoxy) is 1. The molecule has 23 heavy (non-hydrogen) atoms. The Labute approximate surface area is 131 Å². The zero-order valence-electron chi connectivity index (χ0n) is 12.4. The van der Waals surface area contributed by atoms with E-state index in [2.05, 4.69) is 4.84 Å². The molecule has 0 bridgehead atoms. The van der Waals surface area contributed by atoms with Crippen molar-refractivity contribution >= 4 is 23.8 Å². The molecule has 1 rings (SSSR count). The fourth-order valence-corrected chi connectivity index (χ4v) is 1.60. The van der Waals surface area contributed by atoms with Gasteiger partial charge in [0.15, 0.2) is 0 Å². The van der Waals surface area contributed by atoms with Crippen molar-refractivity contribution < 1.29 is 44.1 Å². The lowest BCUT2D eigenvalue weighted by Crippen LogP contribution is -2.39. The maximum Gasteiger partial charge on any atom is 0.333 e. The molecule has 0 spiro atoms. The number of aliphatic hydroxyl groups is 3. The summed E-state index contributed by atoms with van der Waals surface area (Å²) in [7, 11) is 0. The van der Waals surface area contributed by atoms with E-state index in [-0.39, 0.29) is 19.3 Å². The molecule has 1 fully saturated rings. The number of carbonyl (C=O) groups excluding carboxylic acids is 4. The third-order valence-electron chi connectivity index (χ3n) is 3.28. The molecule has 2 amide bonds. The first-order chi connectivity index (χ1) is 10.9. The zero-order valence-corrected chi connectivity index (χ0v) is 12.4. The average molecular weight is 333 g/mol. The smallest absolute Gasteiger partial charge is 0.333 e. The van der Waals surface area contributed by atoms with E-state index in [0.717, 1.165) is 0 Å². The summed E-state index contributed by atoms with van der Waals surface area (Å²) in [5.41, 5.74) is -1.36. The van der Waals surface area contributed by atoms with Crippen molar-refractivity contribution in [2.75, 3.05) is 26.4 Å². The number of imide groups is 1. The molecule has 1 heterocycles. The Morgan fingerprint density at radius 3 is 1.91 bits per heavy atom. The van der Waals surface area contributed by atoms with Gasteiger partial charge in [0, 0.05) is 12.8 Å². The van der Waals surface area contributed by atoms with Crippen LogP contribution in [0.15, 0.2) is 0 Å². The standard InChI is InChI=1S/C13H19NO9/c15-5-13(6-16,7-17)8-22-11(20)3-4-12(21)23-14-9(18)1-2-10(14)19/h15-17H,1-8H2. The number of rotatable bonds is 9. The van der Waals surface area contributed by atoms with Gasteiger partial charge in [-0.1, -0.05) is 0 Å². The van der Waals surface area contributed by atoms with Crippen molar-refractivity contribution in [3.05, 3.63) is 0 Å². The van der Waals surface area contributed by atoms with Crippen molar-refractivity contribution in [1.29, 1.82) is 0 Å². The second-order valence-corrected chi connectivity index (χ2v) is 5.18. The van der Waals surface area contributed by atoms with Gasteiger partial charge in [0.1, 0.15) is 6.61 Å². The SMILES string of the molecule is O=C(CCC(=O)ON1C(=O)CCC1=O)OCC(CO)(CO)CO. The molecular weight excluding hydrogens is 314 g/mol. The molecular formula is C13H19NO9. The Kier molecular flexibility index (Phi) is 7.07.